The number of esters is 1. The summed E-state index contributed by atoms with van der Waals surface area (Å²) in [5.74, 6) is -0.912. The first-order chi connectivity index (χ1) is 10.0. The summed E-state index contributed by atoms with van der Waals surface area (Å²) in [6.45, 7) is 7.38. The number of hydrogen-bond donors (Lipinski definition) is 1. The molecule has 0 aliphatic heterocycles. The minimum absolute atomic E-state index is 0.260. The lowest BCUT2D eigenvalue weighted by atomic mass is 10.1. The van der Waals surface area contributed by atoms with E-state index in [1.54, 1.807) is 13.0 Å². The molecule has 1 aromatic carbocycles. The van der Waals surface area contributed by atoms with E-state index < -0.39 is 12.1 Å². The van der Waals surface area contributed by atoms with Crippen LogP contribution in [0.2, 0.25) is 0 Å². The number of rotatable bonds is 8. The molecule has 0 saturated carbocycles. The van der Waals surface area contributed by atoms with Gasteiger partial charge in [0.25, 0.3) is 5.91 Å². The maximum atomic E-state index is 11.6. The molecule has 0 bridgehead atoms. The summed E-state index contributed by atoms with van der Waals surface area (Å²) >= 11 is 0. The molecule has 1 N–H and O–H groups in total. The van der Waals surface area contributed by atoms with Crippen LogP contribution in [0.3, 0.4) is 0 Å². The Morgan fingerprint density at radius 1 is 1.38 bits per heavy atom. The van der Waals surface area contributed by atoms with Gasteiger partial charge in [0.2, 0.25) is 0 Å². The summed E-state index contributed by atoms with van der Waals surface area (Å²) in [5.41, 5.74) is 2.13. The third-order valence-electron chi connectivity index (χ3n) is 2.88. The van der Waals surface area contributed by atoms with Gasteiger partial charge in [0.1, 0.15) is 0 Å². The summed E-state index contributed by atoms with van der Waals surface area (Å²) in [6.07, 6.45) is 0.825. The summed E-state index contributed by atoms with van der Waals surface area (Å²) < 4.78 is 9.98. The fraction of sp³-hybridized carbons (Fsp3) is 0.375. The molecule has 0 fully saturated rings. The average molecular weight is 291 g/mol. The molecule has 114 valence electrons. The maximum Gasteiger partial charge on any atom is 0.335 e. The normalized spacial score (nSPS) is 11.5. The van der Waals surface area contributed by atoms with E-state index in [4.69, 9.17) is 9.47 Å². The van der Waals surface area contributed by atoms with Gasteiger partial charge in [0.05, 0.1) is 6.61 Å². The van der Waals surface area contributed by atoms with Gasteiger partial charge in [-0.15, -0.1) is 6.58 Å². The van der Waals surface area contributed by atoms with Crippen LogP contribution >= 0.6 is 0 Å². The predicted octanol–water partition coefficient (Wildman–Crippen LogP) is 1.75. The van der Waals surface area contributed by atoms with E-state index in [0.717, 1.165) is 11.1 Å². The molecule has 5 heteroatoms. The van der Waals surface area contributed by atoms with E-state index in [1.165, 1.54) is 0 Å². The van der Waals surface area contributed by atoms with Gasteiger partial charge in [0.15, 0.2) is 12.7 Å². The van der Waals surface area contributed by atoms with Crippen molar-refractivity contribution in [2.75, 3.05) is 13.2 Å². The number of carbonyl (C=O) groups excluding carboxylic acids is 2. The summed E-state index contributed by atoms with van der Waals surface area (Å²) in [6, 6.07) is 7.76. The maximum absolute atomic E-state index is 11.6. The van der Waals surface area contributed by atoms with Gasteiger partial charge >= 0.3 is 5.97 Å². The molecule has 1 unspecified atom stereocenters. The Morgan fingerprint density at radius 2 is 2.10 bits per heavy atom. The first kappa shape index (κ1) is 16.9. The Balaban J connectivity index is 2.29. The summed E-state index contributed by atoms with van der Waals surface area (Å²) in [7, 11) is 0. The number of ether oxygens (including phenoxy) is 2. The lowest BCUT2D eigenvalue weighted by molar-refractivity contribution is -0.158. The van der Waals surface area contributed by atoms with Gasteiger partial charge in [-0.3, -0.25) is 4.79 Å². The van der Waals surface area contributed by atoms with Crippen molar-refractivity contribution >= 4 is 11.9 Å². The van der Waals surface area contributed by atoms with E-state index in [1.807, 2.05) is 31.2 Å². The number of benzene rings is 1. The molecule has 0 aliphatic carbocycles. The molecular weight excluding hydrogens is 270 g/mol. The molecular formula is C16H21NO4. The standard InChI is InChI=1S/C16H21NO4/c1-4-9-20-13(3)16(19)21-11-15(18)17-10-14-8-6-5-7-12(14)2/h4-8,13H,1,9-11H2,2-3H3,(H,17,18). The molecule has 0 spiro atoms. The van der Waals surface area contributed by atoms with Gasteiger partial charge in [-0.2, -0.15) is 0 Å². The van der Waals surface area contributed by atoms with Crippen LogP contribution in [0.5, 0.6) is 0 Å². The summed E-state index contributed by atoms with van der Waals surface area (Å²) in [5, 5.41) is 2.70. The zero-order chi connectivity index (χ0) is 15.7. The first-order valence-corrected chi connectivity index (χ1v) is 6.75. The van der Waals surface area contributed by atoms with Gasteiger partial charge in [-0.25, -0.2) is 4.79 Å². The molecule has 21 heavy (non-hydrogen) atoms. The quantitative estimate of drug-likeness (QED) is 0.585. The lowest BCUT2D eigenvalue weighted by Gasteiger charge is -2.12. The third kappa shape index (κ3) is 6.23. The SMILES string of the molecule is C=CCOC(C)C(=O)OCC(=O)NCc1ccccc1C. The molecule has 1 amide bonds. The minimum atomic E-state index is -0.716. The van der Waals surface area contributed by atoms with Gasteiger partial charge in [0, 0.05) is 6.54 Å². The van der Waals surface area contributed by atoms with E-state index in [0.29, 0.717) is 6.54 Å². The highest BCUT2D eigenvalue weighted by Crippen LogP contribution is 2.05. The van der Waals surface area contributed by atoms with Crippen molar-refractivity contribution in [1.82, 2.24) is 5.32 Å². The highest BCUT2D eigenvalue weighted by atomic mass is 16.6. The Bertz CT molecular complexity index is 499. The zero-order valence-corrected chi connectivity index (χ0v) is 12.4. The second kappa shape index (κ2) is 8.92. The van der Waals surface area contributed by atoms with Crippen molar-refractivity contribution in [3.05, 3.63) is 48.0 Å². The van der Waals surface area contributed by atoms with Crippen LogP contribution in [0.15, 0.2) is 36.9 Å². The van der Waals surface area contributed by atoms with E-state index in [-0.39, 0.29) is 19.1 Å². The second-order valence-electron chi connectivity index (χ2n) is 4.58. The Hall–Kier alpha value is -2.14. The Labute approximate surface area is 124 Å². The molecule has 0 radical (unpaired) electrons. The largest absolute Gasteiger partial charge is 0.454 e. The number of amides is 1. The van der Waals surface area contributed by atoms with Crippen molar-refractivity contribution in [3.63, 3.8) is 0 Å². The average Bonchev–Trinajstić information content (AvgIpc) is 2.49. The van der Waals surface area contributed by atoms with Crippen molar-refractivity contribution in [2.24, 2.45) is 0 Å². The highest BCUT2D eigenvalue weighted by Gasteiger charge is 2.15. The van der Waals surface area contributed by atoms with Crippen molar-refractivity contribution in [1.29, 1.82) is 0 Å². The monoisotopic (exact) mass is 291 g/mol. The highest BCUT2D eigenvalue weighted by molar-refractivity contribution is 5.81. The molecule has 1 atom stereocenters. The molecule has 1 aromatic rings. The van der Waals surface area contributed by atoms with Crippen LogP contribution in [0, 0.1) is 6.92 Å². The number of hydrogen-bond acceptors (Lipinski definition) is 4. The van der Waals surface area contributed by atoms with E-state index in [2.05, 4.69) is 11.9 Å². The van der Waals surface area contributed by atoms with Crippen LogP contribution in [-0.4, -0.2) is 31.2 Å². The lowest BCUT2D eigenvalue weighted by Crippen LogP contribution is -2.31. The van der Waals surface area contributed by atoms with Crippen LogP contribution in [0.4, 0.5) is 0 Å². The zero-order valence-electron chi connectivity index (χ0n) is 12.4. The first-order valence-electron chi connectivity index (χ1n) is 6.75. The third-order valence-corrected chi connectivity index (χ3v) is 2.88. The van der Waals surface area contributed by atoms with Crippen molar-refractivity contribution in [3.8, 4) is 0 Å². The second-order valence-corrected chi connectivity index (χ2v) is 4.58. The van der Waals surface area contributed by atoms with Crippen LogP contribution in [-0.2, 0) is 25.6 Å². The topological polar surface area (TPSA) is 64.6 Å². The molecule has 0 aliphatic rings. The fourth-order valence-corrected chi connectivity index (χ4v) is 1.59. The smallest absolute Gasteiger partial charge is 0.335 e. The van der Waals surface area contributed by atoms with Crippen LogP contribution in [0.1, 0.15) is 18.1 Å². The van der Waals surface area contributed by atoms with Gasteiger partial charge in [-0.1, -0.05) is 30.3 Å². The van der Waals surface area contributed by atoms with E-state index in [9.17, 15) is 9.59 Å². The van der Waals surface area contributed by atoms with Gasteiger partial charge in [-0.05, 0) is 25.0 Å². The van der Waals surface area contributed by atoms with Gasteiger partial charge < -0.3 is 14.8 Å². The number of nitrogens with one attached hydrogen (secondary N) is 1. The van der Waals surface area contributed by atoms with E-state index >= 15 is 0 Å². The Morgan fingerprint density at radius 3 is 2.76 bits per heavy atom. The molecule has 0 heterocycles. The summed E-state index contributed by atoms with van der Waals surface area (Å²) in [4.78, 5) is 23.1. The fourth-order valence-electron chi connectivity index (χ4n) is 1.59. The number of carbonyl (C=O) groups is 2. The Kier molecular flexibility index (Phi) is 7.18. The molecule has 0 saturated heterocycles. The van der Waals surface area contributed by atoms with Crippen molar-refractivity contribution < 1.29 is 19.1 Å². The molecule has 0 aromatic heterocycles. The molecule has 5 nitrogen and oxygen atoms in total. The number of aryl methyl sites for hydroxylation is 1. The molecule has 1 rings (SSSR count). The predicted molar refractivity (Wildman–Crippen MR) is 79.6 cm³/mol. The van der Waals surface area contributed by atoms with Crippen LogP contribution in [0.25, 0.3) is 0 Å². The van der Waals surface area contributed by atoms with Crippen LogP contribution < -0.4 is 5.32 Å². The van der Waals surface area contributed by atoms with Crippen molar-refractivity contribution in [2.45, 2.75) is 26.5 Å². The minimum Gasteiger partial charge on any atom is -0.454 e.